The van der Waals surface area contributed by atoms with Crippen LogP contribution in [-0.4, -0.2) is 27.7 Å². The fourth-order valence-electron chi connectivity index (χ4n) is 1.54. The summed E-state index contributed by atoms with van der Waals surface area (Å²) in [5.41, 5.74) is -0.551. The highest BCUT2D eigenvalue weighted by Crippen LogP contribution is 2.27. The third kappa shape index (κ3) is 2.61. The molecule has 0 saturated carbocycles. The number of hydrogen-bond donors (Lipinski definition) is 1. The number of rotatable bonds is 4. The third-order valence-electron chi connectivity index (χ3n) is 2.61. The summed E-state index contributed by atoms with van der Waals surface area (Å²) in [7, 11) is 2.99. The third-order valence-corrected chi connectivity index (χ3v) is 2.61. The molecule has 104 valence electrons. The molecule has 0 aliphatic carbocycles. The van der Waals surface area contributed by atoms with Gasteiger partial charge in [-0.15, -0.1) is 0 Å². The molecule has 0 saturated heterocycles. The van der Waals surface area contributed by atoms with Crippen LogP contribution >= 0.6 is 0 Å². The average Bonchev–Trinajstić information content (AvgIpc) is 2.43. The Kier molecular flexibility index (Phi) is 3.69. The van der Waals surface area contributed by atoms with E-state index in [2.05, 4.69) is 4.98 Å². The van der Waals surface area contributed by atoms with Crippen LogP contribution in [0.2, 0.25) is 0 Å². The lowest BCUT2D eigenvalue weighted by atomic mass is 10.2. The zero-order valence-electron chi connectivity index (χ0n) is 10.9. The van der Waals surface area contributed by atoms with E-state index in [1.807, 2.05) is 0 Å². The summed E-state index contributed by atoms with van der Waals surface area (Å²) >= 11 is 0. The number of carboxylic acid groups (broad SMARTS) is 1. The van der Waals surface area contributed by atoms with E-state index in [1.54, 1.807) is 7.05 Å². The standard InChI is InChI=1S/C13H12N2O5/c1-15-6-5-14-11(12(15)16)20-10-7-8(19-2)3-4-9(10)13(17)18/h3-7H,1-2H3,(H,17,18). The van der Waals surface area contributed by atoms with E-state index in [0.29, 0.717) is 5.75 Å². The van der Waals surface area contributed by atoms with Gasteiger partial charge in [-0.05, 0) is 12.1 Å². The number of hydrogen-bond acceptors (Lipinski definition) is 5. The zero-order valence-corrected chi connectivity index (χ0v) is 10.9. The van der Waals surface area contributed by atoms with Crippen molar-refractivity contribution in [2.24, 2.45) is 7.05 Å². The molecule has 1 aromatic heterocycles. The fourth-order valence-corrected chi connectivity index (χ4v) is 1.54. The maximum Gasteiger partial charge on any atom is 0.339 e. The van der Waals surface area contributed by atoms with Crippen LogP contribution in [0.1, 0.15) is 10.4 Å². The molecule has 0 aliphatic rings. The smallest absolute Gasteiger partial charge is 0.339 e. The van der Waals surface area contributed by atoms with Crippen molar-refractivity contribution in [1.82, 2.24) is 9.55 Å². The molecule has 1 aromatic carbocycles. The van der Waals surface area contributed by atoms with Gasteiger partial charge in [0.25, 0.3) is 5.88 Å². The molecule has 0 amide bonds. The highest BCUT2D eigenvalue weighted by atomic mass is 16.5. The number of ether oxygens (including phenoxy) is 2. The maximum atomic E-state index is 11.8. The Morgan fingerprint density at radius 2 is 2.15 bits per heavy atom. The van der Waals surface area contributed by atoms with Crippen LogP contribution in [0.25, 0.3) is 0 Å². The van der Waals surface area contributed by atoms with Crippen LogP contribution in [0.15, 0.2) is 35.4 Å². The molecule has 0 aliphatic heterocycles. The van der Waals surface area contributed by atoms with Gasteiger partial charge in [0.15, 0.2) is 0 Å². The molecule has 1 N–H and O–H groups in total. The van der Waals surface area contributed by atoms with Gasteiger partial charge < -0.3 is 19.1 Å². The van der Waals surface area contributed by atoms with Crippen LogP contribution in [0, 0.1) is 0 Å². The molecule has 0 fully saturated rings. The van der Waals surface area contributed by atoms with Gasteiger partial charge in [-0.2, -0.15) is 0 Å². The summed E-state index contributed by atoms with van der Waals surface area (Å²) in [6.07, 6.45) is 2.86. The first-order chi connectivity index (χ1) is 9.52. The molecule has 0 radical (unpaired) electrons. The van der Waals surface area contributed by atoms with Crippen molar-refractivity contribution in [2.75, 3.05) is 7.11 Å². The second-order valence-corrected chi connectivity index (χ2v) is 3.92. The molecule has 2 aromatic rings. The minimum atomic E-state index is -1.17. The van der Waals surface area contributed by atoms with Crippen molar-refractivity contribution in [1.29, 1.82) is 0 Å². The normalized spacial score (nSPS) is 10.1. The van der Waals surface area contributed by atoms with E-state index in [1.165, 1.54) is 42.3 Å². The van der Waals surface area contributed by atoms with Crippen LogP contribution in [0.4, 0.5) is 0 Å². The molecular weight excluding hydrogens is 264 g/mol. The minimum absolute atomic E-state index is 0.00681. The number of carbonyl (C=O) groups is 1. The van der Waals surface area contributed by atoms with Gasteiger partial charge >= 0.3 is 11.5 Å². The van der Waals surface area contributed by atoms with E-state index in [9.17, 15) is 9.59 Å². The second-order valence-electron chi connectivity index (χ2n) is 3.92. The Morgan fingerprint density at radius 1 is 1.40 bits per heavy atom. The highest BCUT2D eigenvalue weighted by molar-refractivity contribution is 5.91. The number of aromatic nitrogens is 2. The Hall–Kier alpha value is -2.83. The molecule has 0 spiro atoms. The zero-order chi connectivity index (χ0) is 14.7. The van der Waals surface area contributed by atoms with Gasteiger partial charge in [-0.3, -0.25) is 4.79 Å². The average molecular weight is 276 g/mol. The topological polar surface area (TPSA) is 90.7 Å². The number of carboxylic acids is 1. The summed E-state index contributed by atoms with van der Waals surface area (Å²) in [4.78, 5) is 26.7. The molecule has 7 heteroatoms. The van der Waals surface area contributed by atoms with Crippen LogP contribution < -0.4 is 15.0 Å². The Balaban J connectivity index is 2.49. The summed E-state index contributed by atoms with van der Waals surface area (Å²) in [5.74, 6) is -0.966. The lowest BCUT2D eigenvalue weighted by Gasteiger charge is -2.09. The van der Waals surface area contributed by atoms with Crippen molar-refractivity contribution in [3.8, 4) is 17.4 Å². The highest BCUT2D eigenvalue weighted by Gasteiger charge is 2.15. The van der Waals surface area contributed by atoms with Crippen LogP contribution in [0.3, 0.4) is 0 Å². The van der Waals surface area contributed by atoms with Crippen LogP contribution in [0.5, 0.6) is 17.4 Å². The molecule has 20 heavy (non-hydrogen) atoms. The Labute approximate surface area is 114 Å². The lowest BCUT2D eigenvalue weighted by Crippen LogP contribution is -2.18. The van der Waals surface area contributed by atoms with Crippen molar-refractivity contribution >= 4 is 5.97 Å². The van der Waals surface area contributed by atoms with Gasteiger partial charge in [0.05, 0.1) is 7.11 Å². The van der Waals surface area contributed by atoms with Crippen molar-refractivity contribution in [3.63, 3.8) is 0 Å². The number of aromatic carboxylic acids is 1. The van der Waals surface area contributed by atoms with E-state index in [4.69, 9.17) is 14.6 Å². The van der Waals surface area contributed by atoms with E-state index < -0.39 is 11.5 Å². The first-order valence-corrected chi connectivity index (χ1v) is 5.63. The quantitative estimate of drug-likeness (QED) is 0.904. The minimum Gasteiger partial charge on any atom is -0.497 e. The van der Waals surface area contributed by atoms with E-state index in [-0.39, 0.29) is 17.2 Å². The fraction of sp³-hybridized carbons (Fsp3) is 0.154. The number of aryl methyl sites for hydroxylation is 1. The van der Waals surface area contributed by atoms with Gasteiger partial charge in [-0.25, -0.2) is 9.78 Å². The first kappa shape index (κ1) is 13.6. The molecule has 0 unspecified atom stereocenters. The summed E-state index contributed by atoms with van der Waals surface area (Å²) in [6, 6.07) is 4.22. The molecule has 1 heterocycles. The largest absolute Gasteiger partial charge is 0.497 e. The molecule has 7 nitrogen and oxygen atoms in total. The predicted octanol–water partition coefficient (Wildman–Crippen LogP) is 1.28. The van der Waals surface area contributed by atoms with Gasteiger partial charge in [0.2, 0.25) is 0 Å². The summed E-state index contributed by atoms with van der Waals surface area (Å²) in [6.45, 7) is 0. The number of benzene rings is 1. The lowest BCUT2D eigenvalue weighted by molar-refractivity contribution is 0.0694. The van der Waals surface area contributed by atoms with E-state index in [0.717, 1.165) is 0 Å². The monoisotopic (exact) mass is 276 g/mol. The van der Waals surface area contributed by atoms with Crippen molar-refractivity contribution in [2.45, 2.75) is 0 Å². The second kappa shape index (κ2) is 5.43. The number of methoxy groups -OCH3 is 1. The molecule has 0 bridgehead atoms. The van der Waals surface area contributed by atoms with E-state index >= 15 is 0 Å². The maximum absolute atomic E-state index is 11.8. The predicted molar refractivity (Wildman–Crippen MR) is 69.5 cm³/mol. The van der Waals surface area contributed by atoms with Gasteiger partial charge in [0.1, 0.15) is 17.1 Å². The Morgan fingerprint density at radius 3 is 2.80 bits per heavy atom. The van der Waals surface area contributed by atoms with Gasteiger partial charge in [0, 0.05) is 25.5 Å². The number of nitrogens with zero attached hydrogens (tertiary/aromatic N) is 2. The van der Waals surface area contributed by atoms with Crippen molar-refractivity contribution < 1.29 is 19.4 Å². The summed E-state index contributed by atoms with van der Waals surface area (Å²) < 4.78 is 11.6. The van der Waals surface area contributed by atoms with Crippen LogP contribution in [-0.2, 0) is 7.05 Å². The van der Waals surface area contributed by atoms with Gasteiger partial charge in [-0.1, -0.05) is 0 Å². The SMILES string of the molecule is COc1ccc(C(=O)O)c(Oc2nccn(C)c2=O)c1. The molecular formula is C13H12N2O5. The molecule has 2 rings (SSSR count). The first-order valence-electron chi connectivity index (χ1n) is 5.63. The Bertz CT molecular complexity index is 708. The summed E-state index contributed by atoms with van der Waals surface area (Å²) in [5, 5.41) is 9.11. The molecule has 0 atom stereocenters. The van der Waals surface area contributed by atoms with Crippen molar-refractivity contribution in [3.05, 3.63) is 46.5 Å².